The maximum atomic E-state index is 10.8. The van der Waals surface area contributed by atoms with Crippen molar-refractivity contribution >= 4 is 35.8 Å². The summed E-state index contributed by atoms with van der Waals surface area (Å²) in [4.78, 5) is 10.8. The SMILES string of the molecule is O=C(O)c1ccc(-c2cc3cc(O)ccc3o2)cc1.OCc1ccc(-c2cc3cc(O)ccc3o2)cc1.[B]C1CCCO1. The van der Waals surface area contributed by atoms with Gasteiger partial charge < -0.3 is 34.0 Å². The lowest BCUT2D eigenvalue weighted by molar-refractivity contribution is 0.0697. The summed E-state index contributed by atoms with van der Waals surface area (Å²) < 4.78 is 16.3. The topological polar surface area (TPSA) is 134 Å². The molecule has 0 amide bonds. The third kappa shape index (κ3) is 7.46. The number of aliphatic hydroxyl groups is 1. The molecule has 0 saturated carbocycles. The number of benzene rings is 4. The number of phenols is 2. The van der Waals surface area contributed by atoms with Crippen LogP contribution in [0, 0.1) is 0 Å². The first-order valence-electron chi connectivity index (χ1n) is 13.7. The Labute approximate surface area is 248 Å². The maximum Gasteiger partial charge on any atom is 0.335 e. The Balaban J connectivity index is 0.000000144. The summed E-state index contributed by atoms with van der Waals surface area (Å²) >= 11 is 0. The summed E-state index contributed by atoms with van der Waals surface area (Å²) in [6, 6.07) is 27.6. The molecule has 6 aromatic rings. The van der Waals surface area contributed by atoms with Crippen molar-refractivity contribution in [3.05, 3.63) is 108 Å². The minimum absolute atomic E-state index is 0.0360. The molecule has 2 aromatic heterocycles. The van der Waals surface area contributed by atoms with Gasteiger partial charge in [-0.2, -0.15) is 0 Å². The molecular weight excluding hydrogens is 547 g/mol. The van der Waals surface area contributed by atoms with Crippen LogP contribution in [0.2, 0.25) is 0 Å². The average molecular weight is 576 g/mol. The van der Waals surface area contributed by atoms with Gasteiger partial charge in [-0.15, -0.1) is 0 Å². The third-order valence-corrected chi connectivity index (χ3v) is 6.80. The van der Waals surface area contributed by atoms with E-state index in [1.165, 1.54) is 12.1 Å². The first kappa shape index (κ1) is 29.5. The van der Waals surface area contributed by atoms with Crippen LogP contribution in [0.4, 0.5) is 0 Å². The summed E-state index contributed by atoms with van der Waals surface area (Å²) in [5.74, 6) is 0.838. The van der Waals surface area contributed by atoms with Gasteiger partial charge in [-0.25, -0.2) is 4.79 Å². The van der Waals surface area contributed by atoms with Crippen molar-refractivity contribution < 1.29 is 38.8 Å². The number of aromatic carboxylic acids is 1. The van der Waals surface area contributed by atoms with E-state index in [2.05, 4.69) is 0 Å². The Morgan fingerprint density at radius 1 is 0.744 bits per heavy atom. The quantitative estimate of drug-likeness (QED) is 0.164. The van der Waals surface area contributed by atoms with E-state index in [-0.39, 0.29) is 29.7 Å². The number of aromatic hydroxyl groups is 2. The van der Waals surface area contributed by atoms with E-state index < -0.39 is 5.97 Å². The predicted molar refractivity (Wildman–Crippen MR) is 164 cm³/mol. The number of ether oxygens (including phenoxy) is 1. The molecule has 1 unspecified atom stereocenters. The number of carbonyl (C=O) groups is 1. The number of phenolic OH excluding ortho intramolecular Hbond substituents is 2. The van der Waals surface area contributed by atoms with Crippen molar-refractivity contribution in [1.82, 2.24) is 0 Å². The highest BCUT2D eigenvalue weighted by Crippen LogP contribution is 2.31. The van der Waals surface area contributed by atoms with Crippen LogP contribution < -0.4 is 0 Å². The van der Waals surface area contributed by atoms with E-state index in [9.17, 15) is 15.0 Å². The molecule has 1 aliphatic rings. The van der Waals surface area contributed by atoms with Crippen molar-refractivity contribution in [3.8, 4) is 34.1 Å². The van der Waals surface area contributed by atoms with Crippen molar-refractivity contribution in [2.75, 3.05) is 6.61 Å². The molecule has 9 heteroatoms. The molecule has 1 atom stereocenters. The van der Waals surface area contributed by atoms with Gasteiger partial charge in [-0.05, 0) is 79.1 Å². The monoisotopic (exact) mass is 576 g/mol. The molecule has 0 spiro atoms. The van der Waals surface area contributed by atoms with Gasteiger partial charge in [0.25, 0.3) is 0 Å². The summed E-state index contributed by atoms with van der Waals surface area (Å²) in [6.45, 7) is 0.898. The highest BCUT2D eigenvalue weighted by molar-refractivity contribution is 6.11. The summed E-state index contributed by atoms with van der Waals surface area (Å²) in [6.07, 6.45) is 2.18. The number of rotatable bonds is 4. The van der Waals surface area contributed by atoms with Crippen molar-refractivity contribution in [2.24, 2.45) is 0 Å². The van der Waals surface area contributed by atoms with Crippen LogP contribution in [-0.4, -0.2) is 46.9 Å². The number of hydrogen-bond acceptors (Lipinski definition) is 7. The third-order valence-electron chi connectivity index (χ3n) is 6.80. The molecular formula is C34H29BO8. The highest BCUT2D eigenvalue weighted by Gasteiger charge is 2.09. The minimum Gasteiger partial charge on any atom is -0.508 e. The van der Waals surface area contributed by atoms with E-state index in [0.717, 1.165) is 58.3 Å². The zero-order chi connectivity index (χ0) is 30.3. The maximum absolute atomic E-state index is 10.8. The van der Waals surface area contributed by atoms with Crippen LogP contribution in [0.15, 0.2) is 106 Å². The molecule has 1 saturated heterocycles. The van der Waals surface area contributed by atoms with E-state index in [4.69, 9.17) is 31.6 Å². The number of aliphatic hydroxyl groups excluding tert-OH is 1. The molecule has 43 heavy (non-hydrogen) atoms. The van der Waals surface area contributed by atoms with Gasteiger partial charge in [0.1, 0.15) is 42.0 Å². The zero-order valence-electron chi connectivity index (χ0n) is 23.1. The molecule has 3 heterocycles. The molecule has 7 rings (SSSR count). The van der Waals surface area contributed by atoms with E-state index >= 15 is 0 Å². The predicted octanol–water partition coefficient (Wildman–Crippen LogP) is 7.09. The smallest absolute Gasteiger partial charge is 0.335 e. The number of fused-ring (bicyclic) bond motifs is 2. The van der Waals surface area contributed by atoms with Gasteiger partial charge in [0, 0.05) is 34.5 Å². The van der Waals surface area contributed by atoms with Crippen LogP contribution in [0.3, 0.4) is 0 Å². The molecule has 4 N–H and O–H groups in total. The number of carboxylic acid groups (broad SMARTS) is 1. The molecule has 216 valence electrons. The van der Waals surface area contributed by atoms with Crippen molar-refractivity contribution in [3.63, 3.8) is 0 Å². The minimum atomic E-state index is -0.957. The van der Waals surface area contributed by atoms with E-state index in [1.807, 2.05) is 36.4 Å². The molecule has 4 aromatic carbocycles. The summed E-state index contributed by atoms with van der Waals surface area (Å²) in [5.41, 5.74) is 4.26. The Bertz CT molecular complexity index is 1810. The highest BCUT2D eigenvalue weighted by atomic mass is 16.5. The number of carboxylic acids is 1. The lowest BCUT2D eigenvalue weighted by atomic mass is 9.98. The van der Waals surface area contributed by atoms with Crippen LogP contribution >= 0.6 is 0 Å². The van der Waals surface area contributed by atoms with Gasteiger partial charge in [0.05, 0.1) is 12.2 Å². The Hall–Kier alpha value is -4.99. The van der Waals surface area contributed by atoms with E-state index in [0.29, 0.717) is 11.3 Å². The summed E-state index contributed by atoms with van der Waals surface area (Å²) in [5, 5.41) is 38.3. The standard InChI is InChI=1S/C15H10O4.C15H12O3.C4H7BO/c16-12-5-6-13-11(7-12)8-14(19-13)9-1-3-10(4-2-9)15(17)18;16-9-10-1-3-11(4-2-10)15-8-12-7-13(17)5-6-14(12)18-15;5-4-2-1-3-6-4/h1-8,16H,(H,17,18);1-8,16-17H,9H2;4H,1-3H2. The fourth-order valence-corrected chi connectivity index (χ4v) is 4.50. The lowest BCUT2D eigenvalue weighted by Gasteiger charge is -1.98. The molecule has 0 bridgehead atoms. The fourth-order valence-electron chi connectivity index (χ4n) is 4.50. The largest absolute Gasteiger partial charge is 0.508 e. The fraction of sp³-hybridized carbons (Fsp3) is 0.147. The van der Waals surface area contributed by atoms with Crippen LogP contribution in [0.5, 0.6) is 11.5 Å². The van der Waals surface area contributed by atoms with Gasteiger partial charge in [-0.3, -0.25) is 0 Å². The van der Waals surface area contributed by atoms with Gasteiger partial charge >= 0.3 is 5.97 Å². The number of furan rings is 2. The molecule has 2 radical (unpaired) electrons. The zero-order valence-corrected chi connectivity index (χ0v) is 23.1. The Kier molecular flexibility index (Phi) is 9.15. The van der Waals surface area contributed by atoms with Gasteiger partial charge in [0.15, 0.2) is 0 Å². The second kappa shape index (κ2) is 13.3. The first-order valence-corrected chi connectivity index (χ1v) is 13.7. The normalized spacial score (nSPS) is 14.1. The molecule has 0 aliphatic carbocycles. The van der Waals surface area contributed by atoms with Crippen molar-refractivity contribution in [2.45, 2.75) is 25.5 Å². The lowest BCUT2D eigenvalue weighted by Crippen LogP contribution is -2.01. The van der Waals surface area contributed by atoms with Crippen LogP contribution in [-0.2, 0) is 11.3 Å². The Morgan fingerprint density at radius 2 is 1.26 bits per heavy atom. The first-order chi connectivity index (χ1) is 20.8. The van der Waals surface area contributed by atoms with Gasteiger partial charge in [-0.1, -0.05) is 36.4 Å². The van der Waals surface area contributed by atoms with E-state index in [1.54, 1.807) is 48.5 Å². The second-order valence-corrected chi connectivity index (χ2v) is 9.95. The molecule has 1 fully saturated rings. The van der Waals surface area contributed by atoms with Gasteiger partial charge in [0.2, 0.25) is 0 Å². The Morgan fingerprint density at radius 3 is 1.65 bits per heavy atom. The second-order valence-electron chi connectivity index (χ2n) is 9.95. The summed E-state index contributed by atoms with van der Waals surface area (Å²) in [7, 11) is 5.31. The molecule has 8 nitrogen and oxygen atoms in total. The van der Waals surface area contributed by atoms with Crippen LogP contribution in [0.25, 0.3) is 44.6 Å². The van der Waals surface area contributed by atoms with Crippen LogP contribution in [0.1, 0.15) is 28.8 Å². The average Bonchev–Trinajstić information content (AvgIpc) is 3.77. The molecule has 1 aliphatic heterocycles. The number of hydrogen-bond donors (Lipinski definition) is 4. The van der Waals surface area contributed by atoms with Crippen molar-refractivity contribution in [1.29, 1.82) is 0 Å².